The Labute approximate surface area is 121 Å². The van der Waals surface area contributed by atoms with Crippen LogP contribution in [0.2, 0.25) is 0 Å². The molecule has 0 fully saturated rings. The van der Waals surface area contributed by atoms with Crippen LogP contribution in [0.1, 0.15) is 32.9 Å². The van der Waals surface area contributed by atoms with Gasteiger partial charge in [0.15, 0.2) is 17.3 Å². The van der Waals surface area contributed by atoms with Gasteiger partial charge in [0.2, 0.25) is 0 Å². The topological polar surface area (TPSA) is 96.6 Å². The third-order valence-corrected chi connectivity index (χ3v) is 3.81. The number of aliphatic hydroxyl groups is 1. The average molecular weight is 291 g/mol. The van der Waals surface area contributed by atoms with Crippen molar-refractivity contribution in [1.82, 2.24) is 4.57 Å². The zero-order chi connectivity index (χ0) is 15.9. The molecule has 112 valence electrons. The number of nitrogens with zero attached hydrogens (tertiary/aromatic N) is 1. The molecule has 0 amide bonds. The van der Waals surface area contributed by atoms with E-state index in [4.69, 9.17) is 5.11 Å². The lowest BCUT2D eigenvalue weighted by Crippen LogP contribution is -2.43. The summed E-state index contributed by atoms with van der Waals surface area (Å²) in [6, 6.07) is 3.28. The number of carboxylic acids is 1. The van der Waals surface area contributed by atoms with Gasteiger partial charge in [-0.2, -0.15) is 0 Å². The fourth-order valence-corrected chi connectivity index (χ4v) is 2.44. The molecule has 0 radical (unpaired) electrons. The number of aromatic nitrogens is 1. The Balaban J connectivity index is 2.48. The molecule has 0 unspecified atom stereocenters. The van der Waals surface area contributed by atoms with Crippen LogP contribution in [-0.2, 0) is 19.9 Å². The standard InChI is InChI=1S/C15H17NO5/c1-8(14(20)21)7-10(17)11-12(18)9-5-4-6-16(9)15(2,3)13(11)19/h4-6,8,18H,7H2,1-3H3,(H,20,21)/t8-/m1/s1. The molecular formula is C15H17NO5. The minimum atomic E-state index is -1.12. The molecule has 0 bridgehead atoms. The second-order valence-corrected chi connectivity index (χ2v) is 5.74. The van der Waals surface area contributed by atoms with Crippen molar-refractivity contribution in [3.63, 3.8) is 0 Å². The molecule has 1 aliphatic rings. The van der Waals surface area contributed by atoms with Crippen molar-refractivity contribution in [1.29, 1.82) is 0 Å². The van der Waals surface area contributed by atoms with Crippen LogP contribution >= 0.6 is 0 Å². The third-order valence-electron chi connectivity index (χ3n) is 3.81. The van der Waals surface area contributed by atoms with E-state index in [1.54, 1.807) is 36.7 Å². The zero-order valence-electron chi connectivity index (χ0n) is 12.1. The molecule has 1 aromatic rings. The van der Waals surface area contributed by atoms with Crippen molar-refractivity contribution in [2.75, 3.05) is 0 Å². The summed E-state index contributed by atoms with van der Waals surface area (Å²) in [4.78, 5) is 35.6. The number of carboxylic acid groups (broad SMARTS) is 1. The molecule has 2 N–H and O–H groups in total. The number of aliphatic carboxylic acids is 1. The Kier molecular flexibility index (Phi) is 3.49. The Morgan fingerprint density at radius 1 is 1.38 bits per heavy atom. The summed E-state index contributed by atoms with van der Waals surface area (Å²) in [6.45, 7) is 4.69. The number of aliphatic hydroxyl groups excluding tert-OH is 1. The first-order valence-electron chi connectivity index (χ1n) is 6.60. The molecule has 6 heteroatoms. The van der Waals surface area contributed by atoms with Crippen LogP contribution in [0.4, 0.5) is 0 Å². The molecule has 21 heavy (non-hydrogen) atoms. The van der Waals surface area contributed by atoms with E-state index in [9.17, 15) is 19.5 Å². The highest BCUT2D eigenvalue weighted by Gasteiger charge is 2.42. The largest absolute Gasteiger partial charge is 0.505 e. The molecule has 0 saturated heterocycles. The number of ketones is 2. The third kappa shape index (κ3) is 2.26. The second kappa shape index (κ2) is 4.87. The first-order valence-corrected chi connectivity index (χ1v) is 6.60. The first kappa shape index (κ1) is 15.0. The van der Waals surface area contributed by atoms with Crippen molar-refractivity contribution < 1.29 is 24.6 Å². The second-order valence-electron chi connectivity index (χ2n) is 5.74. The van der Waals surface area contributed by atoms with Crippen LogP contribution in [0.5, 0.6) is 0 Å². The van der Waals surface area contributed by atoms with Crippen LogP contribution in [0.3, 0.4) is 0 Å². The van der Waals surface area contributed by atoms with Gasteiger partial charge < -0.3 is 14.8 Å². The maximum absolute atomic E-state index is 12.5. The van der Waals surface area contributed by atoms with Gasteiger partial charge in [-0.05, 0) is 26.0 Å². The normalized spacial score (nSPS) is 18.3. The van der Waals surface area contributed by atoms with E-state index in [0.29, 0.717) is 5.69 Å². The summed E-state index contributed by atoms with van der Waals surface area (Å²) in [5.74, 6) is -3.57. The highest BCUT2D eigenvalue weighted by molar-refractivity contribution is 6.27. The van der Waals surface area contributed by atoms with Crippen molar-refractivity contribution in [2.24, 2.45) is 5.92 Å². The van der Waals surface area contributed by atoms with Gasteiger partial charge in [0.1, 0.15) is 11.1 Å². The predicted molar refractivity (Wildman–Crippen MR) is 74.7 cm³/mol. The predicted octanol–water partition coefficient (Wildman–Crippen LogP) is 1.75. The lowest BCUT2D eigenvalue weighted by atomic mass is 9.84. The van der Waals surface area contributed by atoms with Gasteiger partial charge in [0, 0.05) is 12.6 Å². The van der Waals surface area contributed by atoms with Gasteiger partial charge >= 0.3 is 5.97 Å². The van der Waals surface area contributed by atoms with Gasteiger partial charge in [0.05, 0.1) is 11.6 Å². The van der Waals surface area contributed by atoms with E-state index < -0.39 is 29.0 Å². The maximum Gasteiger partial charge on any atom is 0.306 e. The maximum atomic E-state index is 12.5. The summed E-state index contributed by atoms with van der Waals surface area (Å²) < 4.78 is 1.60. The Hall–Kier alpha value is -2.37. The van der Waals surface area contributed by atoms with Gasteiger partial charge in [-0.1, -0.05) is 6.92 Å². The van der Waals surface area contributed by atoms with Crippen molar-refractivity contribution in [3.8, 4) is 0 Å². The van der Waals surface area contributed by atoms with Gasteiger partial charge in [-0.15, -0.1) is 0 Å². The van der Waals surface area contributed by atoms with E-state index in [1.165, 1.54) is 6.92 Å². The van der Waals surface area contributed by atoms with Crippen LogP contribution in [0.25, 0.3) is 5.76 Å². The summed E-state index contributed by atoms with van der Waals surface area (Å²) in [7, 11) is 0. The molecule has 0 spiro atoms. The number of fused-ring (bicyclic) bond motifs is 1. The molecule has 0 aliphatic carbocycles. The highest BCUT2D eigenvalue weighted by atomic mass is 16.4. The summed E-state index contributed by atoms with van der Waals surface area (Å²) >= 11 is 0. The molecule has 0 aromatic carbocycles. The van der Waals surface area contributed by atoms with Gasteiger partial charge in [-0.25, -0.2) is 0 Å². The van der Waals surface area contributed by atoms with Gasteiger partial charge in [0.25, 0.3) is 0 Å². The van der Waals surface area contributed by atoms with Crippen LogP contribution in [0, 0.1) is 5.92 Å². The number of rotatable bonds is 4. The molecule has 1 aliphatic heterocycles. The summed E-state index contributed by atoms with van der Waals surface area (Å²) in [5, 5.41) is 19.1. The SMILES string of the molecule is C[C@H](CC(=O)C1=C(O)c2cccn2C(C)(C)C1=O)C(=O)O. The molecule has 1 atom stereocenters. The summed E-state index contributed by atoms with van der Waals surface area (Å²) in [6.07, 6.45) is 1.34. The minimum absolute atomic E-state index is 0.306. The minimum Gasteiger partial charge on any atom is -0.505 e. The van der Waals surface area contributed by atoms with E-state index in [2.05, 4.69) is 0 Å². The van der Waals surface area contributed by atoms with Crippen LogP contribution in [0.15, 0.2) is 23.9 Å². The molecule has 0 saturated carbocycles. The van der Waals surface area contributed by atoms with Crippen molar-refractivity contribution in [3.05, 3.63) is 29.6 Å². The quantitative estimate of drug-likeness (QED) is 0.824. The summed E-state index contributed by atoms with van der Waals surface area (Å²) in [5.41, 5.74) is -0.923. The number of hydrogen-bond donors (Lipinski definition) is 2. The van der Waals surface area contributed by atoms with E-state index >= 15 is 0 Å². The van der Waals surface area contributed by atoms with E-state index in [0.717, 1.165) is 0 Å². The first-order chi connectivity index (χ1) is 9.67. The zero-order valence-corrected chi connectivity index (χ0v) is 12.1. The number of carbonyl (C=O) groups is 3. The fraction of sp³-hybridized carbons (Fsp3) is 0.400. The molecule has 6 nitrogen and oxygen atoms in total. The van der Waals surface area contributed by atoms with Gasteiger partial charge in [-0.3, -0.25) is 14.4 Å². The number of allylic oxidation sites excluding steroid dienone is 1. The Bertz CT molecular complexity index is 665. The van der Waals surface area contributed by atoms with Crippen LogP contribution in [-0.4, -0.2) is 32.3 Å². The molecular weight excluding hydrogens is 274 g/mol. The Morgan fingerprint density at radius 2 is 2.00 bits per heavy atom. The lowest BCUT2D eigenvalue weighted by molar-refractivity contribution is -0.143. The van der Waals surface area contributed by atoms with Crippen molar-refractivity contribution in [2.45, 2.75) is 32.7 Å². The monoisotopic (exact) mass is 291 g/mol. The van der Waals surface area contributed by atoms with Crippen LogP contribution < -0.4 is 0 Å². The van der Waals surface area contributed by atoms with Crippen molar-refractivity contribution >= 4 is 23.3 Å². The van der Waals surface area contributed by atoms with E-state index in [-0.39, 0.29) is 17.8 Å². The molecule has 1 aromatic heterocycles. The van der Waals surface area contributed by atoms with E-state index in [1.807, 2.05) is 0 Å². The number of carbonyl (C=O) groups excluding carboxylic acids is 2. The average Bonchev–Trinajstić information content (AvgIpc) is 2.87. The lowest BCUT2D eigenvalue weighted by Gasteiger charge is -2.32. The highest BCUT2D eigenvalue weighted by Crippen LogP contribution is 2.34. The smallest absolute Gasteiger partial charge is 0.306 e. The molecule has 2 rings (SSSR count). The fourth-order valence-electron chi connectivity index (χ4n) is 2.44. The number of Topliss-reactive ketones (excluding diaryl/α,β-unsaturated/α-hetero) is 2. The molecule has 2 heterocycles. The Morgan fingerprint density at radius 3 is 2.57 bits per heavy atom. The number of hydrogen-bond acceptors (Lipinski definition) is 4.